The predicted octanol–water partition coefficient (Wildman–Crippen LogP) is 3.94. The van der Waals surface area contributed by atoms with E-state index in [9.17, 15) is 4.39 Å². The molecule has 0 aliphatic rings. The van der Waals surface area contributed by atoms with E-state index in [-0.39, 0.29) is 11.9 Å². The van der Waals surface area contributed by atoms with Gasteiger partial charge in [0.25, 0.3) is 0 Å². The standard InChI is InChI=1S/C16H18ClFN2/c1-3-11-10-20-7-6-14(11)16(19-2)8-12-4-5-13(17)9-15(12)18/h4-7,9-10,16,19H,3,8H2,1-2H3. The molecule has 2 nitrogen and oxygen atoms in total. The molecule has 0 fully saturated rings. The van der Waals surface area contributed by atoms with Gasteiger partial charge in [-0.1, -0.05) is 24.6 Å². The highest BCUT2D eigenvalue weighted by Crippen LogP contribution is 2.24. The molecule has 1 heterocycles. The molecule has 0 saturated heterocycles. The minimum absolute atomic E-state index is 0.0589. The van der Waals surface area contributed by atoms with Crippen LogP contribution in [0.5, 0.6) is 0 Å². The Morgan fingerprint density at radius 1 is 1.30 bits per heavy atom. The molecule has 1 atom stereocenters. The molecule has 1 aromatic carbocycles. The van der Waals surface area contributed by atoms with E-state index in [1.54, 1.807) is 18.3 Å². The van der Waals surface area contributed by atoms with Crippen molar-refractivity contribution in [1.82, 2.24) is 10.3 Å². The summed E-state index contributed by atoms with van der Waals surface area (Å²) in [6.45, 7) is 2.09. The Morgan fingerprint density at radius 2 is 2.10 bits per heavy atom. The monoisotopic (exact) mass is 292 g/mol. The predicted molar refractivity (Wildman–Crippen MR) is 80.5 cm³/mol. The van der Waals surface area contributed by atoms with Gasteiger partial charge in [0.2, 0.25) is 0 Å². The van der Waals surface area contributed by atoms with Crippen molar-refractivity contribution < 1.29 is 4.39 Å². The van der Waals surface area contributed by atoms with E-state index in [1.807, 2.05) is 19.3 Å². The molecule has 2 rings (SSSR count). The summed E-state index contributed by atoms with van der Waals surface area (Å²) < 4.78 is 13.9. The highest BCUT2D eigenvalue weighted by atomic mass is 35.5. The first-order chi connectivity index (χ1) is 9.65. The number of pyridine rings is 1. The first-order valence-corrected chi connectivity index (χ1v) is 7.07. The van der Waals surface area contributed by atoms with Crippen molar-refractivity contribution in [2.45, 2.75) is 25.8 Å². The molecule has 2 aromatic rings. The summed E-state index contributed by atoms with van der Waals surface area (Å²) in [6, 6.07) is 6.88. The topological polar surface area (TPSA) is 24.9 Å². The highest BCUT2D eigenvalue weighted by molar-refractivity contribution is 6.30. The number of benzene rings is 1. The van der Waals surface area contributed by atoms with Crippen molar-refractivity contribution >= 4 is 11.6 Å². The first kappa shape index (κ1) is 14.9. The molecule has 0 radical (unpaired) electrons. The van der Waals surface area contributed by atoms with Crippen molar-refractivity contribution in [3.05, 3.63) is 64.2 Å². The normalized spacial score (nSPS) is 12.4. The maximum absolute atomic E-state index is 13.9. The van der Waals surface area contributed by atoms with Crippen molar-refractivity contribution in [2.75, 3.05) is 7.05 Å². The van der Waals surface area contributed by atoms with Gasteiger partial charge < -0.3 is 5.32 Å². The average molecular weight is 293 g/mol. The lowest BCUT2D eigenvalue weighted by molar-refractivity contribution is 0.551. The second-order valence-electron chi connectivity index (χ2n) is 4.71. The number of hydrogen-bond donors (Lipinski definition) is 1. The van der Waals surface area contributed by atoms with E-state index in [1.165, 1.54) is 17.2 Å². The van der Waals surface area contributed by atoms with Gasteiger partial charge >= 0.3 is 0 Å². The molecular formula is C16H18ClFN2. The number of halogens is 2. The third-order valence-electron chi connectivity index (χ3n) is 3.49. The number of nitrogens with one attached hydrogen (secondary N) is 1. The Morgan fingerprint density at radius 3 is 2.75 bits per heavy atom. The molecule has 4 heteroatoms. The Hall–Kier alpha value is -1.45. The van der Waals surface area contributed by atoms with Gasteiger partial charge in [-0.3, -0.25) is 4.98 Å². The molecule has 0 saturated carbocycles. The lowest BCUT2D eigenvalue weighted by Gasteiger charge is -2.20. The van der Waals surface area contributed by atoms with E-state index >= 15 is 0 Å². The van der Waals surface area contributed by atoms with Crippen molar-refractivity contribution in [2.24, 2.45) is 0 Å². The number of hydrogen-bond acceptors (Lipinski definition) is 2. The third-order valence-corrected chi connectivity index (χ3v) is 3.72. The maximum atomic E-state index is 13.9. The van der Waals surface area contributed by atoms with E-state index < -0.39 is 0 Å². The molecule has 106 valence electrons. The van der Waals surface area contributed by atoms with Gasteiger partial charge in [-0.25, -0.2) is 4.39 Å². The summed E-state index contributed by atoms with van der Waals surface area (Å²) in [5.74, 6) is -0.259. The second kappa shape index (κ2) is 6.82. The number of aromatic nitrogens is 1. The molecule has 20 heavy (non-hydrogen) atoms. The van der Waals surface area contributed by atoms with Crippen LogP contribution in [0.1, 0.15) is 29.7 Å². The molecule has 0 amide bonds. The maximum Gasteiger partial charge on any atom is 0.127 e. The molecule has 0 spiro atoms. The minimum Gasteiger partial charge on any atom is -0.313 e. The van der Waals surface area contributed by atoms with Crippen LogP contribution in [0.2, 0.25) is 5.02 Å². The van der Waals surface area contributed by atoms with E-state index in [0.717, 1.165) is 6.42 Å². The highest BCUT2D eigenvalue weighted by Gasteiger charge is 2.15. The molecule has 1 N–H and O–H groups in total. The van der Waals surface area contributed by atoms with Crippen molar-refractivity contribution in [3.8, 4) is 0 Å². The average Bonchev–Trinajstić information content (AvgIpc) is 2.46. The summed E-state index contributed by atoms with van der Waals surface area (Å²) in [5, 5.41) is 3.68. The smallest absolute Gasteiger partial charge is 0.127 e. The van der Waals surface area contributed by atoms with Gasteiger partial charge in [-0.2, -0.15) is 0 Å². The Bertz CT molecular complexity index is 586. The fourth-order valence-electron chi connectivity index (χ4n) is 2.35. The first-order valence-electron chi connectivity index (χ1n) is 6.69. The summed E-state index contributed by atoms with van der Waals surface area (Å²) in [6.07, 6.45) is 5.13. The van der Waals surface area contributed by atoms with Crippen LogP contribution in [0.4, 0.5) is 4.39 Å². The fourth-order valence-corrected chi connectivity index (χ4v) is 2.51. The van der Waals surface area contributed by atoms with Crippen molar-refractivity contribution in [1.29, 1.82) is 0 Å². The van der Waals surface area contributed by atoms with Crippen LogP contribution in [0.15, 0.2) is 36.7 Å². The molecular weight excluding hydrogens is 275 g/mol. The number of aryl methyl sites for hydroxylation is 1. The van der Waals surface area contributed by atoms with Crippen LogP contribution in [-0.4, -0.2) is 12.0 Å². The Balaban J connectivity index is 2.29. The third kappa shape index (κ3) is 3.35. The van der Waals surface area contributed by atoms with Crippen LogP contribution in [0.25, 0.3) is 0 Å². The van der Waals surface area contributed by atoms with E-state index in [2.05, 4.69) is 17.2 Å². The van der Waals surface area contributed by atoms with Gasteiger partial charge in [0.05, 0.1) is 0 Å². The molecule has 0 aliphatic heterocycles. The number of likely N-dealkylation sites (N-methyl/N-ethyl adjacent to an activating group) is 1. The van der Waals surface area contributed by atoms with E-state index in [0.29, 0.717) is 17.0 Å². The van der Waals surface area contributed by atoms with Gasteiger partial charge in [-0.05, 0) is 54.8 Å². The molecule has 1 aromatic heterocycles. The molecule has 0 bridgehead atoms. The zero-order valence-corrected chi connectivity index (χ0v) is 12.4. The van der Waals surface area contributed by atoms with Gasteiger partial charge in [0.15, 0.2) is 0 Å². The number of nitrogens with zero attached hydrogens (tertiary/aromatic N) is 1. The molecule has 0 aliphatic carbocycles. The zero-order chi connectivity index (χ0) is 14.5. The summed E-state index contributed by atoms with van der Waals surface area (Å²) in [7, 11) is 1.89. The summed E-state index contributed by atoms with van der Waals surface area (Å²) in [4.78, 5) is 4.15. The number of rotatable bonds is 5. The zero-order valence-electron chi connectivity index (χ0n) is 11.7. The summed E-state index contributed by atoms with van der Waals surface area (Å²) in [5.41, 5.74) is 3.01. The Labute approximate surface area is 124 Å². The van der Waals surface area contributed by atoms with Gasteiger partial charge in [0.1, 0.15) is 5.82 Å². The van der Waals surface area contributed by atoms with Crippen molar-refractivity contribution in [3.63, 3.8) is 0 Å². The Kier molecular flexibility index (Phi) is 5.10. The van der Waals surface area contributed by atoms with Gasteiger partial charge in [-0.15, -0.1) is 0 Å². The minimum atomic E-state index is -0.259. The van der Waals surface area contributed by atoms with Crippen LogP contribution >= 0.6 is 11.6 Å². The van der Waals surface area contributed by atoms with Crippen LogP contribution in [0.3, 0.4) is 0 Å². The van der Waals surface area contributed by atoms with Gasteiger partial charge in [0, 0.05) is 23.5 Å². The lowest BCUT2D eigenvalue weighted by Crippen LogP contribution is -2.21. The summed E-state index contributed by atoms with van der Waals surface area (Å²) >= 11 is 5.79. The SMILES string of the molecule is CCc1cnccc1C(Cc1ccc(Cl)cc1F)NC. The lowest BCUT2D eigenvalue weighted by atomic mass is 9.95. The quantitative estimate of drug-likeness (QED) is 0.903. The van der Waals surface area contributed by atoms with Crippen LogP contribution in [-0.2, 0) is 12.8 Å². The van der Waals surface area contributed by atoms with E-state index in [4.69, 9.17) is 11.6 Å². The fraction of sp³-hybridized carbons (Fsp3) is 0.312. The van der Waals surface area contributed by atoms with Crippen LogP contribution in [0, 0.1) is 5.82 Å². The van der Waals surface area contributed by atoms with Crippen LogP contribution < -0.4 is 5.32 Å². The largest absolute Gasteiger partial charge is 0.313 e. The molecule has 1 unspecified atom stereocenters. The second-order valence-corrected chi connectivity index (χ2v) is 5.15.